The van der Waals surface area contributed by atoms with E-state index in [1.165, 1.54) is 110 Å². The van der Waals surface area contributed by atoms with Crippen LogP contribution in [-0.2, 0) is 24.7 Å². The zero-order valence-corrected chi connectivity index (χ0v) is 35.5. The van der Waals surface area contributed by atoms with E-state index in [-0.39, 0.29) is 5.41 Å². The van der Waals surface area contributed by atoms with Gasteiger partial charge < -0.3 is 9.13 Å². The van der Waals surface area contributed by atoms with Crippen molar-refractivity contribution in [2.24, 2.45) is 0 Å². The van der Waals surface area contributed by atoms with Crippen LogP contribution in [0.2, 0.25) is 0 Å². The quantitative estimate of drug-likeness (QED) is 0.136. The third-order valence-corrected chi connectivity index (χ3v) is 13.2. The van der Waals surface area contributed by atoms with E-state index in [1.54, 1.807) is 0 Å². The summed E-state index contributed by atoms with van der Waals surface area (Å²) in [6, 6.07) is 68.1. The molecule has 0 spiro atoms. The molecule has 2 heteroatoms. The van der Waals surface area contributed by atoms with Crippen molar-refractivity contribution in [3.05, 3.63) is 204 Å². The number of hydrogen-bond acceptors (Lipinski definition) is 0. The highest BCUT2D eigenvalue weighted by Crippen LogP contribution is 2.41. The maximum atomic E-state index is 2.45. The highest BCUT2D eigenvalue weighted by atomic mass is 15.0. The van der Waals surface area contributed by atoms with E-state index in [0.717, 1.165) is 25.7 Å². The van der Waals surface area contributed by atoms with Crippen LogP contribution in [0.4, 0.5) is 0 Å². The van der Waals surface area contributed by atoms with Gasteiger partial charge in [0.25, 0.3) is 0 Å². The van der Waals surface area contributed by atoms with Crippen molar-refractivity contribution in [3.8, 4) is 22.5 Å². The Hall–Kier alpha value is -6.90. The van der Waals surface area contributed by atoms with Gasteiger partial charge in [-0.1, -0.05) is 155 Å². The van der Waals surface area contributed by atoms with Crippen LogP contribution in [0.15, 0.2) is 182 Å². The van der Waals surface area contributed by atoms with Gasteiger partial charge in [-0.3, -0.25) is 0 Å². The Morgan fingerprint density at radius 2 is 0.951 bits per heavy atom. The normalized spacial score (nSPS) is 12.2. The minimum atomic E-state index is 0.120. The van der Waals surface area contributed by atoms with Crippen molar-refractivity contribution in [1.82, 2.24) is 9.13 Å². The Kier molecular flexibility index (Phi) is 8.93. The minimum absolute atomic E-state index is 0.120. The molecule has 2 heterocycles. The predicted molar refractivity (Wildman–Crippen MR) is 262 cm³/mol. The first-order chi connectivity index (χ1) is 29.9. The molecular weight excluding hydrogens is 737 g/mol. The molecule has 61 heavy (non-hydrogen) atoms. The smallest absolute Gasteiger partial charge is 0.0543 e. The predicted octanol–water partition coefficient (Wildman–Crippen LogP) is 15.9. The van der Waals surface area contributed by atoms with Gasteiger partial charge in [-0.25, -0.2) is 0 Å². The van der Waals surface area contributed by atoms with Gasteiger partial charge in [-0.15, -0.1) is 0 Å². The fourth-order valence-electron chi connectivity index (χ4n) is 10.3. The lowest BCUT2D eigenvalue weighted by Gasteiger charge is -2.19. The molecule has 0 saturated heterocycles. The Balaban J connectivity index is 0.915. The molecule has 0 amide bonds. The topological polar surface area (TPSA) is 9.86 Å². The molecular formula is C59H50N2. The number of nitrogens with zero attached hydrogens (tertiary/aromatic N) is 2. The van der Waals surface area contributed by atoms with Crippen molar-refractivity contribution in [2.45, 2.75) is 58.8 Å². The van der Waals surface area contributed by atoms with Crippen LogP contribution in [0.25, 0.3) is 87.7 Å². The first-order valence-electron chi connectivity index (χ1n) is 22.0. The van der Waals surface area contributed by atoms with E-state index in [4.69, 9.17) is 0 Å². The van der Waals surface area contributed by atoms with Crippen molar-refractivity contribution in [3.63, 3.8) is 0 Å². The van der Waals surface area contributed by atoms with Gasteiger partial charge in [-0.2, -0.15) is 0 Å². The van der Waals surface area contributed by atoms with Crippen LogP contribution in [0.3, 0.4) is 0 Å². The van der Waals surface area contributed by atoms with Gasteiger partial charge in [0, 0.05) is 32.9 Å². The van der Waals surface area contributed by atoms with Gasteiger partial charge in [0.15, 0.2) is 0 Å². The fourth-order valence-corrected chi connectivity index (χ4v) is 10.3. The summed E-state index contributed by atoms with van der Waals surface area (Å²) in [4.78, 5) is 0. The standard InChI is InChI=1S/C59H50N2/c1-5-45-46-19-6-8-22-49(46)57(50-23-9-7-20-47(45)50)41-29-33-43(34-30-41)60-53-25-12-10-21-48(53)52-38-39(28-37-55(52)60)16-14-17-40-18-15-27-56-58(40)51-24-11-13-26-54(51)61(56)44-35-31-42(32-36-44)59(2,3)4/h6-13,15,18-38H,5,14,16-17H2,1-4H3. The van der Waals surface area contributed by atoms with E-state index < -0.39 is 0 Å². The first-order valence-corrected chi connectivity index (χ1v) is 22.0. The third-order valence-electron chi connectivity index (χ3n) is 13.2. The molecule has 0 N–H and O–H groups in total. The molecule has 296 valence electrons. The molecule has 0 saturated carbocycles. The van der Waals surface area contributed by atoms with E-state index in [9.17, 15) is 0 Å². The molecule has 0 aliphatic carbocycles. The summed E-state index contributed by atoms with van der Waals surface area (Å²) in [6.07, 6.45) is 4.12. The summed E-state index contributed by atoms with van der Waals surface area (Å²) in [5.41, 5.74) is 15.7. The van der Waals surface area contributed by atoms with Crippen LogP contribution >= 0.6 is 0 Å². The number of para-hydroxylation sites is 2. The molecule has 0 aliphatic heterocycles. The monoisotopic (exact) mass is 786 g/mol. The molecule has 0 bridgehead atoms. The van der Waals surface area contributed by atoms with Crippen molar-refractivity contribution < 1.29 is 0 Å². The highest BCUT2D eigenvalue weighted by molar-refractivity contribution is 6.15. The molecule has 0 unspecified atom stereocenters. The van der Waals surface area contributed by atoms with Gasteiger partial charge in [0.05, 0.1) is 22.1 Å². The summed E-state index contributed by atoms with van der Waals surface area (Å²) < 4.78 is 4.90. The Bertz CT molecular complexity index is 3380. The number of fused-ring (bicyclic) bond motifs is 8. The fraction of sp³-hybridized carbons (Fsp3) is 0.153. The molecule has 0 fully saturated rings. The summed E-state index contributed by atoms with van der Waals surface area (Å²) in [5, 5.41) is 10.6. The Morgan fingerprint density at radius 3 is 1.59 bits per heavy atom. The molecule has 0 aliphatic rings. The average Bonchev–Trinajstić information content (AvgIpc) is 3.81. The van der Waals surface area contributed by atoms with Crippen molar-refractivity contribution in [2.75, 3.05) is 0 Å². The third kappa shape index (κ3) is 6.15. The van der Waals surface area contributed by atoms with E-state index >= 15 is 0 Å². The number of aromatic nitrogens is 2. The average molecular weight is 787 g/mol. The lowest BCUT2D eigenvalue weighted by Crippen LogP contribution is -2.10. The molecule has 2 nitrogen and oxygen atoms in total. The van der Waals surface area contributed by atoms with Crippen molar-refractivity contribution >= 4 is 65.2 Å². The number of hydrogen-bond donors (Lipinski definition) is 0. The van der Waals surface area contributed by atoms with Gasteiger partial charge >= 0.3 is 0 Å². The van der Waals surface area contributed by atoms with E-state index in [1.807, 2.05) is 0 Å². The number of aryl methyl sites for hydroxylation is 3. The summed E-state index contributed by atoms with van der Waals surface area (Å²) in [7, 11) is 0. The van der Waals surface area contributed by atoms with Gasteiger partial charge in [0.2, 0.25) is 0 Å². The van der Waals surface area contributed by atoms with E-state index in [2.05, 4.69) is 219 Å². The molecule has 2 aromatic heterocycles. The van der Waals surface area contributed by atoms with Crippen LogP contribution in [0.5, 0.6) is 0 Å². The summed E-state index contributed by atoms with van der Waals surface area (Å²) >= 11 is 0. The molecule has 11 aromatic rings. The molecule has 9 aromatic carbocycles. The number of rotatable bonds is 8. The molecule has 0 atom stereocenters. The SMILES string of the molecule is CCc1c2ccccc2c(-c2ccc(-n3c4ccccc4c4cc(CCCc5cccc6c5c5ccccc5n6-c5ccc(C(C)(C)C)cc5)ccc43)cc2)c2ccccc12. The zero-order valence-electron chi connectivity index (χ0n) is 35.5. The second kappa shape index (κ2) is 14.7. The van der Waals surface area contributed by atoms with Crippen LogP contribution in [0.1, 0.15) is 56.4 Å². The van der Waals surface area contributed by atoms with Crippen LogP contribution < -0.4 is 0 Å². The maximum Gasteiger partial charge on any atom is 0.0543 e. The number of benzene rings is 9. The Labute approximate surface area is 358 Å². The summed E-state index contributed by atoms with van der Waals surface area (Å²) in [6.45, 7) is 9.11. The highest BCUT2D eigenvalue weighted by Gasteiger charge is 2.19. The second-order valence-electron chi connectivity index (χ2n) is 17.9. The molecule has 0 radical (unpaired) electrons. The van der Waals surface area contributed by atoms with Gasteiger partial charge in [-0.05, 0) is 141 Å². The summed E-state index contributed by atoms with van der Waals surface area (Å²) in [5.74, 6) is 0. The molecule has 11 rings (SSSR count). The van der Waals surface area contributed by atoms with Gasteiger partial charge in [0.1, 0.15) is 0 Å². The largest absolute Gasteiger partial charge is 0.309 e. The van der Waals surface area contributed by atoms with E-state index in [0.29, 0.717) is 0 Å². The zero-order chi connectivity index (χ0) is 41.2. The minimum Gasteiger partial charge on any atom is -0.309 e. The lowest BCUT2D eigenvalue weighted by atomic mass is 9.87. The van der Waals surface area contributed by atoms with Crippen LogP contribution in [-0.4, -0.2) is 9.13 Å². The van der Waals surface area contributed by atoms with Crippen molar-refractivity contribution in [1.29, 1.82) is 0 Å². The van der Waals surface area contributed by atoms with Crippen LogP contribution in [0, 0.1) is 0 Å². The first kappa shape index (κ1) is 37.1. The maximum absolute atomic E-state index is 2.45. The lowest BCUT2D eigenvalue weighted by molar-refractivity contribution is 0.590. The second-order valence-corrected chi connectivity index (χ2v) is 17.9. The Morgan fingerprint density at radius 1 is 0.426 bits per heavy atom.